The summed E-state index contributed by atoms with van der Waals surface area (Å²) in [6.45, 7) is 8.35. The van der Waals surface area contributed by atoms with E-state index in [9.17, 15) is 5.11 Å². The van der Waals surface area contributed by atoms with Gasteiger partial charge in [0.15, 0.2) is 5.96 Å². The summed E-state index contributed by atoms with van der Waals surface area (Å²) in [4.78, 5) is 4.70. The van der Waals surface area contributed by atoms with Crippen molar-refractivity contribution in [3.05, 3.63) is 0 Å². The molecule has 0 radical (unpaired) electrons. The molecule has 1 rings (SSSR count). The van der Waals surface area contributed by atoms with Crippen molar-refractivity contribution in [2.45, 2.75) is 71.4 Å². The van der Waals surface area contributed by atoms with Gasteiger partial charge in [0.05, 0.1) is 6.10 Å². The van der Waals surface area contributed by atoms with Crippen LogP contribution < -0.4 is 10.6 Å². The number of aliphatic hydroxyl groups excluding tert-OH is 1. The minimum absolute atomic E-state index is 0.0952. The van der Waals surface area contributed by atoms with Crippen molar-refractivity contribution in [2.24, 2.45) is 10.9 Å². The molecule has 112 valence electrons. The predicted octanol–water partition coefficient (Wildman–Crippen LogP) is 2.28. The van der Waals surface area contributed by atoms with Gasteiger partial charge in [0.2, 0.25) is 0 Å². The van der Waals surface area contributed by atoms with Gasteiger partial charge >= 0.3 is 0 Å². The fourth-order valence-corrected chi connectivity index (χ4v) is 2.50. The predicted molar refractivity (Wildman–Crippen MR) is 81.4 cm³/mol. The highest BCUT2D eigenvalue weighted by molar-refractivity contribution is 5.80. The quantitative estimate of drug-likeness (QED) is 0.512. The van der Waals surface area contributed by atoms with Gasteiger partial charge < -0.3 is 15.7 Å². The number of aliphatic imine (C=N–C) groups is 1. The van der Waals surface area contributed by atoms with Gasteiger partial charge in [-0.2, -0.15) is 0 Å². The molecule has 0 bridgehead atoms. The molecule has 0 amide bonds. The first-order valence-electron chi connectivity index (χ1n) is 7.92. The third-order valence-electron chi connectivity index (χ3n) is 4.04. The molecule has 0 aromatic carbocycles. The average Bonchev–Trinajstić information content (AvgIpc) is 2.42. The van der Waals surface area contributed by atoms with E-state index in [-0.39, 0.29) is 6.10 Å². The van der Waals surface area contributed by atoms with Gasteiger partial charge in [-0.05, 0) is 38.5 Å². The van der Waals surface area contributed by atoms with E-state index in [1.165, 1.54) is 12.8 Å². The first kappa shape index (κ1) is 16.3. The maximum atomic E-state index is 9.53. The third-order valence-corrected chi connectivity index (χ3v) is 4.04. The molecule has 1 aliphatic rings. The molecule has 19 heavy (non-hydrogen) atoms. The van der Waals surface area contributed by atoms with Crippen molar-refractivity contribution in [2.75, 3.05) is 13.1 Å². The monoisotopic (exact) mass is 269 g/mol. The zero-order valence-corrected chi connectivity index (χ0v) is 12.8. The topological polar surface area (TPSA) is 56.7 Å². The molecular weight excluding hydrogens is 238 g/mol. The molecule has 0 atom stereocenters. The molecule has 3 N–H and O–H groups in total. The van der Waals surface area contributed by atoms with Crippen molar-refractivity contribution in [1.29, 1.82) is 0 Å². The van der Waals surface area contributed by atoms with Crippen LogP contribution in [0, 0.1) is 5.92 Å². The Morgan fingerprint density at radius 2 is 1.79 bits per heavy atom. The lowest BCUT2D eigenvalue weighted by molar-refractivity contribution is 0.120. The number of hydrogen-bond acceptors (Lipinski definition) is 2. The fourth-order valence-electron chi connectivity index (χ4n) is 2.50. The zero-order valence-electron chi connectivity index (χ0n) is 12.8. The molecule has 0 aliphatic heterocycles. The zero-order chi connectivity index (χ0) is 14.1. The summed E-state index contributed by atoms with van der Waals surface area (Å²) in [5.74, 6) is 1.62. The van der Waals surface area contributed by atoms with E-state index in [2.05, 4.69) is 31.4 Å². The number of nitrogens with zero attached hydrogens (tertiary/aromatic N) is 1. The van der Waals surface area contributed by atoms with E-state index < -0.39 is 0 Å². The van der Waals surface area contributed by atoms with Crippen molar-refractivity contribution in [3.63, 3.8) is 0 Å². The lowest BCUT2D eigenvalue weighted by Gasteiger charge is -2.27. The van der Waals surface area contributed by atoms with Gasteiger partial charge in [-0.3, -0.25) is 4.99 Å². The highest BCUT2D eigenvalue weighted by Crippen LogP contribution is 2.18. The van der Waals surface area contributed by atoms with Gasteiger partial charge in [-0.15, -0.1) is 0 Å². The van der Waals surface area contributed by atoms with Crippen LogP contribution in [0.25, 0.3) is 0 Å². The van der Waals surface area contributed by atoms with Crippen LogP contribution in [0.15, 0.2) is 4.99 Å². The Hall–Kier alpha value is -0.770. The Labute approximate surface area is 118 Å². The van der Waals surface area contributed by atoms with E-state index in [4.69, 9.17) is 4.99 Å². The molecular formula is C15H31N3O. The standard InChI is InChI=1S/C15H31N3O/c1-4-12(5-2)11-17-15(16-6-3)18-13-7-9-14(19)10-8-13/h12-14,19H,4-11H2,1-3H3,(H2,16,17,18). The molecule has 0 aromatic heterocycles. The van der Waals surface area contributed by atoms with Crippen LogP contribution in [0.1, 0.15) is 59.3 Å². The normalized spacial score (nSPS) is 24.6. The van der Waals surface area contributed by atoms with E-state index in [0.717, 1.165) is 44.7 Å². The third kappa shape index (κ3) is 6.28. The van der Waals surface area contributed by atoms with Gasteiger partial charge in [0.1, 0.15) is 0 Å². The summed E-state index contributed by atoms with van der Waals surface area (Å²) in [7, 11) is 0. The lowest BCUT2D eigenvalue weighted by atomic mass is 9.93. The van der Waals surface area contributed by atoms with Crippen LogP contribution in [0.4, 0.5) is 0 Å². The van der Waals surface area contributed by atoms with Gasteiger partial charge in [-0.1, -0.05) is 26.7 Å². The smallest absolute Gasteiger partial charge is 0.191 e. The van der Waals surface area contributed by atoms with Crippen molar-refractivity contribution < 1.29 is 5.11 Å². The summed E-state index contributed by atoms with van der Waals surface area (Å²) in [6.07, 6.45) is 6.17. The highest BCUT2D eigenvalue weighted by atomic mass is 16.3. The highest BCUT2D eigenvalue weighted by Gasteiger charge is 2.19. The van der Waals surface area contributed by atoms with Crippen LogP contribution in [0.5, 0.6) is 0 Å². The van der Waals surface area contributed by atoms with E-state index in [1.807, 2.05) is 0 Å². The first-order valence-corrected chi connectivity index (χ1v) is 7.92. The van der Waals surface area contributed by atoms with Crippen molar-refractivity contribution in [3.8, 4) is 0 Å². The minimum atomic E-state index is -0.0952. The average molecular weight is 269 g/mol. The molecule has 0 heterocycles. The molecule has 1 saturated carbocycles. The molecule has 4 nitrogen and oxygen atoms in total. The number of guanidine groups is 1. The molecule has 4 heteroatoms. The van der Waals surface area contributed by atoms with Crippen molar-refractivity contribution >= 4 is 5.96 Å². The summed E-state index contributed by atoms with van der Waals surface area (Å²) in [6, 6.07) is 0.461. The first-order chi connectivity index (χ1) is 9.19. The molecule has 0 spiro atoms. The summed E-state index contributed by atoms with van der Waals surface area (Å²) in [5, 5.41) is 16.4. The number of hydrogen-bond donors (Lipinski definition) is 3. The Bertz CT molecular complexity index is 256. The van der Waals surface area contributed by atoms with E-state index >= 15 is 0 Å². The van der Waals surface area contributed by atoms with Crippen LogP contribution in [-0.4, -0.2) is 36.3 Å². The van der Waals surface area contributed by atoms with Crippen molar-refractivity contribution in [1.82, 2.24) is 10.6 Å². The number of rotatable bonds is 6. The fraction of sp³-hybridized carbons (Fsp3) is 0.933. The number of aliphatic hydroxyl groups is 1. The lowest BCUT2D eigenvalue weighted by Crippen LogP contribution is -2.45. The molecule has 1 aliphatic carbocycles. The Morgan fingerprint density at radius 1 is 1.16 bits per heavy atom. The Kier molecular flexibility index (Phi) is 7.87. The van der Waals surface area contributed by atoms with Gasteiger partial charge in [0, 0.05) is 19.1 Å². The van der Waals surface area contributed by atoms with Crippen LogP contribution >= 0.6 is 0 Å². The molecule has 0 saturated heterocycles. The molecule has 0 aromatic rings. The van der Waals surface area contributed by atoms with Gasteiger partial charge in [0.25, 0.3) is 0 Å². The second-order valence-corrected chi connectivity index (χ2v) is 5.55. The summed E-state index contributed by atoms with van der Waals surface area (Å²) in [5.41, 5.74) is 0. The molecule has 1 fully saturated rings. The maximum Gasteiger partial charge on any atom is 0.191 e. The van der Waals surface area contributed by atoms with Crippen LogP contribution in [-0.2, 0) is 0 Å². The molecule has 0 unspecified atom stereocenters. The van der Waals surface area contributed by atoms with E-state index in [1.54, 1.807) is 0 Å². The Morgan fingerprint density at radius 3 is 2.32 bits per heavy atom. The van der Waals surface area contributed by atoms with Crippen LogP contribution in [0.2, 0.25) is 0 Å². The summed E-state index contributed by atoms with van der Waals surface area (Å²) >= 11 is 0. The summed E-state index contributed by atoms with van der Waals surface area (Å²) < 4.78 is 0. The largest absolute Gasteiger partial charge is 0.393 e. The second-order valence-electron chi connectivity index (χ2n) is 5.55. The maximum absolute atomic E-state index is 9.53. The second kappa shape index (κ2) is 9.18. The Balaban J connectivity index is 2.44. The minimum Gasteiger partial charge on any atom is -0.393 e. The SMILES string of the molecule is CCNC(=NCC(CC)CC)NC1CCC(O)CC1. The van der Waals surface area contributed by atoms with E-state index in [0.29, 0.717) is 12.0 Å². The number of nitrogens with one attached hydrogen (secondary N) is 2. The van der Waals surface area contributed by atoms with Crippen LogP contribution in [0.3, 0.4) is 0 Å². The van der Waals surface area contributed by atoms with Gasteiger partial charge in [-0.25, -0.2) is 0 Å².